The molecule has 1 fully saturated rings. The van der Waals surface area contributed by atoms with Crippen LogP contribution in [0.2, 0.25) is 0 Å². The minimum Gasteiger partial charge on any atom is -0.372 e. The number of carbonyl (C=O) groups excluding carboxylic acids is 1. The average Bonchev–Trinajstić information content (AvgIpc) is 2.39. The quantitative estimate of drug-likeness (QED) is 0.437. The highest BCUT2D eigenvalue weighted by molar-refractivity contribution is 14.1. The number of Topliss-reactive ketones (excluding diaryl/α,β-unsaturated/α-hetero) is 1. The zero-order valence-electron chi connectivity index (χ0n) is 12.3. The van der Waals surface area contributed by atoms with Gasteiger partial charge in [0, 0.05) is 25.4 Å². The highest BCUT2D eigenvalue weighted by Crippen LogP contribution is 2.31. The Balaban J connectivity index is 2.26. The Morgan fingerprint density at radius 2 is 1.75 bits per heavy atom. The molecule has 1 aliphatic rings. The lowest BCUT2D eigenvalue weighted by Gasteiger charge is -2.31. The number of hydrogen-bond donors (Lipinski definition) is 0. The largest absolute Gasteiger partial charge is 0.372 e. The predicted octanol–water partition coefficient (Wildman–Crippen LogP) is 3.54. The van der Waals surface area contributed by atoms with E-state index in [2.05, 4.69) is 43.4 Å². The molecule has 1 aliphatic heterocycles. The zero-order valence-corrected chi connectivity index (χ0v) is 15.3. The summed E-state index contributed by atoms with van der Waals surface area (Å²) in [7, 11) is 0.136. The van der Waals surface area contributed by atoms with Crippen molar-refractivity contribution in [3.05, 3.63) is 33.4 Å². The van der Waals surface area contributed by atoms with Crippen LogP contribution in [-0.4, -0.2) is 35.8 Å². The summed E-state index contributed by atoms with van der Waals surface area (Å²) in [5.41, 5.74) is 0.852. The Labute approximate surface area is 138 Å². The maximum absolute atomic E-state index is 13.0. The van der Waals surface area contributed by atoms with Crippen LogP contribution in [0.4, 0.5) is 0 Å². The summed E-state index contributed by atoms with van der Waals surface area (Å²) in [6.45, 7) is 8.16. The smallest absolute Gasteiger partial charge is 0.215 e. The molecule has 2 nitrogen and oxygen atoms in total. The van der Waals surface area contributed by atoms with Crippen molar-refractivity contribution in [2.75, 3.05) is 24.7 Å². The van der Waals surface area contributed by atoms with E-state index in [4.69, 9.17) is 4.74 Å². The van der Waals surface area contributed by atoms with E-state index in [1.807, 2.05) is 24.3 Å². The van der Waals surface area contributed by atoms with Crippen LogP contribution in [0.5, 0.6) is 0 Å². The molecule has 0 saturated carbocycles. The normalized spacial score (nSPS) is 18.8. The maximum atomic E-state index is 13.0. The van der Waals surface area contributed by atoms with Crippen molar-refractivity contribution in [1.82, 2.24) is 0 Å². The molecule has 1 unspecified atom stereocenters. The molecule has 1 aromatic rings. The molecule has 2 rings (SSSR count). The molecular formula is C16H22IO2S+. The lowest BCUT2D eigenvalue weighted by molar-refractivity contribution is 0.0946. The standard InChI is InChI=1S/C16H22IO2S/c1-16(2,3)15(20-10-8-19-9-11-20)14(18)12-4-6-13(17)7-5-12/h4-7,15H,8-11H2,1-3H3/q+1. The van der Waals surface area contributed by atoms with E-state index in [0.717, 1.165) is 30.3 Å². The van der Waals surface area contributed by atoms with Crippen molar-refractivity contribution in [1.29, 1.82) is 0 Å². The van der Waals surface area contributed by atoms with E-state index in [9.17, 15) is 4.79 Å². The third kappa shape index (κ3) is 3.98. The van der Waals surface area contributed by atoms with E-state index in [1.54, 1.807) is 0 Å². The fraction of sp³-hybridized carbons (Fsp3) is 0.562. The fourth-order valence-electron chi connectivity index (χ4n) is 2.58. The van der Waals surface area contributed by atoms with Gasteiger partial charge in [0.2, 0.25) is 5.78 Å². The summed E-state index contributed by atoms with van der Waals surface area (Å²) in [4.78, 5) is 13.0. The average molecular weight is 405 g/mol. The molecule has 0 aliphatic carbocycles. The van der Waals surface area contributed by atoms with Gasteiger partial charge in [0.05, 0.1) is 13.2 Å². The lowest BCUT2D eigenvalue weighted by Crippen LogP contribution is -2.47. The van der Waals surface area contributed by atoms with Crippen molar-refractivity contribution in [2.24, 2.45) is 5.41 Å². The molecule has 0 amide bonds. The van der Waals surface area contributed by atoms with Gasteiger partial charge in [-0.25, -0.2) is 0 Å². The van der Waals surface area contributed by atoms with Gasteiger partial charge >= 0.3 is 0 Å². The van der Waals surface area contributed by atoms with Gasteiger partial charge in [-0.2, -0.15) is 0 Å². The Morgan fingerprint density at radius 1 is 1.20 bits per heavy atom. The van der Waals surface area contributed by atoms with E-state index in [0.29, 0.717) is 5.78 Å². The van der Waals surface area contributed by atoms with E-state index in [1.165, 1.54) is 3.57 Å². The van der Waals surface area contributed by atoms with Crippen LogP contribution in [0.3, 0.4) is 0 Å². The van der Waals surface area contributed by atoms with Gasteiger partial charge in [-0.1, -0.05) is 32.9 Å². The van der Waals surface area contributed by atoms with Gasteiger partial charge in [0.15, 0.2) is 5.25 Å². The summed E-state index contributed by atoms with van der Waals surface area (Å²) in [5, 5.41) is 0.103. The van der Waals surface area contributed by atoms with Gasteiger partial charge in [-0.3, -0.25) is 4.79 Å². The van der Waals surface area contributed by atoms with E-state index in [-0.39, 0.29) is 21.6 Å². The molecule has 1 atom stereocenters. The lowest BCUT2D eigenvalue weighted by atomic mass is 9.87. The molecule has 20 heavy (non-hydrogen) atoms. The first-order valence-corrected chi connectivity index (χ1v) is 9.64. The van der Waals surface area contributed by atoms with Crippen molar-refractivity contribution in [3.63, 3.8) is 0 Å². The van der Waals surface area contributed by atoms with E-state index < -0.39 is 0 Å². The fourth-order valence-corrected chi connectivity index (χ4v) is 5.72. The van der Waals surface area contributed by atoms with Crippen LogP contribution in [-0.2, 0) is 15.6 Å². The van der Waals surface area contributed by atoms with Crippen molar-refractivity contribution < 1.29 is 9.53 Å². The summed E-state index contributed by atoms with van der Waals surface area (Å²) < 4.78 is 6.63. The number of carbonyl (C=O) groups is 1. The van der Waals surface area contributed by atoms with Gasteiger partial charge in [-0.05, 0) is 34.7 Å². The number of ketones is 1. The van der Waals surface area contributed by atoms with Crippen LogP contribution in [0.1, 0.15) is 31.1 Å². The molecule has 0 bridgehead atoms. The summed E-state index contributed by atoms with van der Waals surface area (Å²) in [6, 6.07) is 7.96. The minimum absolute atomic E-state index is 0.000526. The molecule has 1 saturated heterocycles. The van der Waals surface area contributed by atoms with Crippen molar-refractivity contribution in [2.45, 2.75) is 26.0 Å². The Morgan fingerprint density at radius 3 is 2.25 bits per heavy atom. The Bertz CT molecular complexity index is 458. The monoisotopic (exact) mass is 405 g/mol. The summed E-state index contributed by atoms with van der Waals surface area (Å²) in [6.07, 6.45) is 0. The zero-order chi connectivity index (χ0) is 14.8. The maximum Gasteiger partial charge on any atom is 0.215 e. The third-order valence-corrected chi connectivity index (χ3v) is 7.16. The number of rotatable bonds is 3. The molecule has 0 radical (unpaired) electrons. The van der Waals surface area contributed by atoms with Crippen LogP contribution >= 0.6 is 22.6 Å². The summed E-state index contributed by atoms with van der Waals surface area (Å²) >= 11 is 2.27. The first-order chi connectivity index (χ1) is 9.39. The molecule has 4 heteroatoms. The van der Waals surface area contributed by atoms with Gasteiger partial charge in [0.1, 0.15) is 11.5 Å². The second kappa shape index (κ2) is 6.79. The molecular weight excluding hydrogens is 383 g/mol. The van der Waals surface area contributed by atoms with Crippen molar-refractivity contribution >= 4 is 39.3 Å². The highest BCUT2D eigenvalue weighted by Gasteiger charge is 2.46. The molecule has 1 aromatic carbocycles. The number of hydrogen-bond acceptors (Lipinski definition) is 2. The molecule has 1 heterocycles. The minimum atomic E-state index is 0.000526. The second-order valence-corrected chi connectivity index (χ2v) is 9.78. The van der Waals surface area contributed by atoms with Crippen LogP contribution in [0.25, 0.3) is 0 Å². The molecule has 110 valence electrons. The first kappa shape index (κ1) is 16.3. The first-order valence-electron chi connectivity index (χ1n) is 6.93. The second-order valence-electron chi connectivity index (χ2n) is 6.18. The number of halogens is 1. The van der Waals surface area contributed by atoms with Crippen LogP contribution < -0.4 is 0 Å². The Kier molecular flexibility index (Phi) is 5.54. The molecule has 0 aromatic heterocycles. The van der Waals surface area contributed by atoms with Crippen molar-refractivity contribution in [3.8, 4) is 0 Å². The van der Waals surface area contributed by atoms with E-state index >= 15 is 0 Å². The number of benzene rings is 1. The van der Waals surface area contributed by atoms with Crippen LogP contribution in [0.15, 0.2) is 24.3 Å². The topological polar surface area (TPSA) is 26.3 Å². The molecule has 0 spiro atoms. The predicted molar refractivity (Wildman–Crippen MR) is 94.7 cm³/mol. The number of ether oxygens (including phenoxy) is 1. The van der Waals surface area contributed by atoms with Gasteiger partial charge in [-0.15, -0.1) is 0 Å². The molecule has 0 N–H and O–H groups in total. The third-order valence-electron chi connectivity index (χ3n) is 3.47. The highest BCUT2D eigenvalue weighted by atomic mass is 127. The van der Waals surface area contributed by atoms with Gasteiger partial charge in [0.25, 0.3) is 0 Å². The summed E-state index contributed by atoms with van der Waals surface area (Å²) in [5.74, 6) is 2.36. The van der Waals surface area contributed by atoms with Gasteiger partial charge < -0.3 is 4.74 Å². The van der Waals surface area contributed by atoms with Crippen LogP contribution in [0, 0.1) is 8.99 Å². The Hall–Kier alpha value is -0.0700. The SMILES string of the molecule is CC(C)(C)C(C(=O)c1ccc(I)cc1)[S+]1CCOCC1.